The molecule has 1 saturated heterocycles. The molecule has 0 aromatic carbocycles. The van der Waals surface area contributed by atoms with Gasteiger partial charge < -0.3 is 9.31 Å². The van der Waals surface area contributed by atoms with Crippen LogP contribution >= 0.6 is 0 Å². The summed E-state index contributed by atoms with van der Waals surface area (Å²) in [6, 6.07) is 0. The summed E-state index contributed by atoms with van der Waals surface area (Å²) in [5, 5.41) is 0. The molecule has 0 radical (unpaired) electrons. The first-order chi connectivity index (χ1) is 6.71. The SMILES string of the molecule is CC(C=O)=C(F)B1OC(C)(C)C(C)(C)O1. The number of hydrogen-bond donors (Lipinski definition) is 0. The lowest BCUT2D eigenvalue weighted by atomic mass is 9.85. The van der Waals surface area contributed by atoms with Gasteiger partial charge in [0.2, 0.25) is 0 Å². The van der Waals surface area contributed by atoms with Crippen molar-refractivity contribution in [2.45, 2.75) is 45.8 Å². The molecule has 84 valence electrons. The maximum atomic E-state index is 13.6. The summed E-state index contributed by atoms with van der Waals surface area (Å²) in [6.45, 7) is 8.72. The summed E-state index contributed by atoms with van der Waals surface area (Å²) in [4.78, 5) is 10.4. The lowest BCUT2D eigenvalue weighted by Crippen LogP contribution is -2.41. The molecule has 0 aromatic heterocycles. The monoisotopic (exact) mass is 214 g/mol. The normalized spacial score (nSPS) is 25.1. The average molecular weight is 214 g/mol. The molecule has 0 aliphatic carbocycles. The summed E-state index contributed by atoms with van der Waals surface area (Å²) in [7, 11) is -1.07. The molecule has 1 rings (SSSR count). The van der Waals surface area contributed by atoms with Gasteiger partial charge in [-0.2, -0.15) is 0 Å². The molecule has 0 aromatic rings. The molecule has 15 heavy (non-hydrogen) atoms. The third-order valence-electron chi connectivity index (χ3n) is 3.01. The van der Waals surface area contributed by atoms with Gasteiger partial charge in [-0.25, -0.2) is 4.39 Å². The number of carbonyl (C=O) groups excluding carboxylic acids is 1. The van der Waals surface area contributed by atoms with Crippen LogP contribution in [0.1, 0.15) is 34.6 Å². The summed E-state index contributed by atoms with van der Waals surface area (Å²) >= 11 is 0. The maximum absolute atomic E-state index is 13.6. The van der Waals surface area contributed by atoms with Crippen LogP contribution < -0.4 is 0 Å². The van der Waals surface area contributed by atoms with E-state index in [4.69, 9.17) is 9.31 Å². The van der Waals surface area contributed by atoms with Crippen LogP contribution in [0.2, 0.25) is 0 Å². The molecule has 0 atom stereocenters. The Morgan fingerprint density at radius 3 is 1.93 bits per heavy atom. The van der Waals surface area contributed by atoms with Crippen molar-refractivity contribution in [1.82, 2.24) is 0 Å². The second-order valence-corrected chi connectivity index (χ2v) is 4.74. The Hall–Kier alpha value is -0.675. The van der Waals surface area contributed by atoms with Crippen LogP contribution in [-0.4, -0.2) is 24.6 Å². The number of halogens is 1. The first kappa shape index (κ1) is 12.4. The van der Waals surface area contributed by atoms with E-state index >= 15 is 0 Å². The minimum absolute atomic E-state index is 0.00787. The Morgan fingerprint density at radius 1 is 1.20 bits per heavy atom. The van der Waals surface area contributed by atoms with Gasteiger partial charge in [-0.05, 0) is 34.6 Å². The van der Waals surface area contributed by atoms with Crippen LogP contribution in [0, 0.1) is 0 Å². The topological polar surface area (TPSA) is 35.5 Å². The Kier molecular flexibility index (Phi) is 3.07. The Balaban J connectivity index is 2.93. The van der Waals surface area contributed by atoms with E-state index in [9.17, 15) is 9.18 Å². The number of carbonyl (C=O) groups is 1. The number of hydrogen-bond acceptors (Lipinski definition) is 3. The molecule has 1 heterocycles. The van der Waals surface area contributed by atoms with Gasteiger partial charge in [0.1, 0.15) is 12.0 Å². The van der Waals surface area contributed by atoms with Crippen LogP contribution in [-0.2, 0) is 14.1 Å². The van der Waals surface area contributed by atoms with E-state index in [1.54, 1.807) is 0 Å². The molecule has 3 nitrogen and oxygen atoms in total. The van der Waals surface area contributed by atoms with E-state index < -0.39 is 24.0 Å². The first-order valence-corrected chi connectivity index (χ1v) is 4.88. The predicted molar refractivity (Wildman–Crippen MR) is 56.0 cm³/mol. The minimum atomic E-state index is -1.07. The summed E-state index contributed by atoms with van der Waals surface area (Å²) in [5.41, 5.74) is -1.81. The van der Waals surface area contributed by atoms with Gasteiger partial charge in [0.05, 0.1) is 11.2 Å². The van der Waals surface area contributed by atoms with E-state index in [1.807, 2.05) is 27.7 Å². The Morgan fingerprint density at radius 2 is 1.60 bits per heavy atom. The average Bonchev–Trinajstić information content (AvgIpc) is 2.33. The van der Waals surface area contributed by atoms with Crippen molar-refractivity contribution in [3.05, 3.63) is 11.3 Å². The van der Waals surface area contributed by atoms with Crippen molar-refractivity contribution in [1.29, 1.82) is 0 Å². The summed E-state index contributed by atoms with van der Waals surface area (Å²) in [5.74, 6) is 0. The van der Waals surface area contributed by atoms with Crippen LogP contribution in [0.4, 0.5) is 4.39 Å². The van der Waals surface area contributed by atoms with Crippen LogP contribution in [0.25, 0.3) is 0 Å². The molecule has 1 aliphatic rings. The molecular weight excluding hydrogens is 198 g/mol. The quantitative estimate of drug-likeness (QED) is 0.401. The van der Waals surface area contributed by atoms with Gasteiger partial charge in [0.25, 0.3) is 0 Å². The van der Waals surface area contributed by atoms with E-state index in [0.29, 0.717) is 6.29 Å². The van der Waals surface area contributed by atoms with E-state index in [2.05, 4.69) is 0 Å². The minimum Gasteiger partial charge on any atom is -0.398 e. The molecule has 0 bridgehead atoms. The molecule has 0 unspecified atom stereocenters. The zero-order valence-electron chi connectivity index (χ0n) is 9.76. The maximum Gasteiger partial charge on any atom is 0.525 e. The van der Waals surface area contributed by atoms with Gasteiger partial charge in [-0.1, -0.05) is 0 Å². The van der Waals surface area contributed by atoms with Crippen molar-refractivity contribution in [3.8, 4) is 0 Å². The highest BCUT2D eigenvalue weighted by molar-refractivity contribution is 6.54. The van der Waals surface area contributed by atoms with Crippen LogP contribution in [0.5, 0.6) is 0 Å². The Bertz CT molecular complexity index is 294. The highest BCUT2D eigenvalue weighted by Gasteiger charge is 2.53. The lowest BCUT2D eigenvalue weighted by Gasteiger charge is -2.32. The van der Waals surface area contributed by atoms with Gasteiger partial charge in [0, 0.05) is 5.57 Å². The fraction of sp³-hybridized carbons (Fsp3) is 0.700. The second kappa shape index (κ2) is 3.72. The third kappa shape index (κ3) is 2.13. The van der Waals surface area contributed by atoms with Gasteiger partial charge in [0.15, 0.2) is 0 Å². The molecule has 0 spiro atoms. The third-order valence-corrected chi connectivity index (χ3v) is 3.01. The standard InChI is InChI=1S/C10H16BFO3/c1-7(6-13)8(12)11-14-9(2,3)10(4,5)15-11/h6H,1-5H3. The Labute approximate surface area is 89.8 Å². The molecule has 5 heteroatoms. The predicted octanol–water partition coefficient (Wildman–Crippen LogP) is 2.06. The fourth-order valence-electron chi connectivity index (χ4n) is 1.19. The highest BCUT2D eigenvalue weighted by atomic mass is 19.1. The van der Waals surface area contributed by atoms with Crippen molar-refractivity contribution < 1.29 is 18.5 Å². The number of aldehydes is 1. The van der Waals surface area contributed by atoms with Crippen molar-refractivity contribution in [2.24, 2.45) is 0 Å². The molecule has 1 aliphatic heterocycles. The first-order valence-electron chi connectivity index (χ1n) is 4.88. The largest absolute Gasteiger partial charge is 0.525 e. The van der Waals surface area contributed by atoms with Crippen molar-refractivity contribution in [3.63, 3.8) is 0 Å². The smallest absolute Gasteiger partial charge is 0.398 e. The summed E-state index contributed by atoms with van der Waals surface area (Å²) in [6.07, 6.45) is 0.459. The highest BCUT2D eigenvalue weighted by Crippen LogP contribution is 2.39. The van der Waals surface area contributed by atoms with Gasteiger partial charge in [-0.3, -0.25) is 4.79 Å². The fourth-order valence-corrected chi connectivity index (χ4v) is 1.19. The molecular formula is C10H16BFO3. The molecule has 0 amide bonds. The number of allylic oxidation sites excluding steroid dienone is 1. The van der Waals surface area contributed by atoms with Crippen molar-refractivity contribution in [2.75, 3.05) is 0 Å². The molecule has 0 saturated carbocycles. The molecule has 0 N–H and O–H groups in total. The number of rotatable bonds is 2. The summed E-state index contributed by atoms with van der Waals surface area (Å²) < 4.78 is 24.5. The van der Waals surface area contributed by atoms with E-state index in [-0.39, 0.29) is 5.57 Å². The van der Waals surface area contributed by atoms with E-state index in [1.165, 1.54) is 6.92 Å². The zero-order chi connectivity index (χ0) is 11.9. The van der Waals surface area contributed by atoms with Crippen LogP contribution in [0.15, 0.2) is 11.3 Å². The van der Waals surface area contributed by atoms with Crippen molar-refractivity contribution >= 4 is 13.4 Å². The van der Waals surface area contributed by atoms with Crippen LogP contribution in [0.3, 0.4) is 0 Å². The second-order valence-electron chi connectivity index (χ2n) is 4.74. The van der Waals surface area contributed by atoms with Gasteiger partial charge in [-0.15, -0.1) is 0 Å². The van der Waals surface area contributed by atoms with Gasteiger partial charge >= 0.3 is 7.12 Å². The van der Waals surface area contributed by atoms with E-state index in [0.717, 1.165) is 0 Å². The molecule has 1 fully saturated rings. The lowest BCUT2D eigenvalue weighted by molar-refractivity contribution is -0.105. The zero-order valence-corrected chi connectivity index (χ0v) is 9.76.